The predicted octanol–water partition coefficient (Wildman–Crippen LogP) is 1.60. The van der Waals surface area contributed by atoms with Gasteiger partial charge in [-0.05, 0) is 19.4 Å². The molecule has 0 aliphatic carbocycles. The van der Waals surface area contributed by atoms with Gasteiger partial charge in [-0.15, -0.1) is 34.2 Å². The Balaban J connectivity index is 0.00000280. The van der Waals surface area contributed by atoms with Crippen molar-refractivity contribution in [1.29, 1.82) is 0 Å². The van der Waals surface area contributed by atoms with Gasteiger partial charge in [0.2, 0.25) is 5.95 Å². The Morgan fingerprint density at radius 2 is 1.86 bits per heavy atom. The maximum Gasteiger partial charge on any atom is 0.225 e. The minimum Gasteiger partial charge on any atom is -0.356 e. The van der Waals surface area contributed by atoms with Gasteiger partial charge in [-0.1, -0.05) is 13.3 Å². The summed E-state index contributed by atoms with van der Waals surface area (Å²) in [5.74, 6) is 3.51. The van der Waals surface area contributed by atoms with Crippen molar-refractivity contribution in [2.75, 3.05) is 37.6 Å². The quantitative estimate of drug-likeness (QED) is 0.280. The highest BCUT2D eigenvalue weighted by Gasteiger charge is 2.21. The van der Waals surface area contributed by atoms with Crippen LogP contribution in [0.3, 0.4) is 0 Å². The highest BCUT2D eigenvalue weighted by molar-refractivity contribution is 14.0. The Labute approximate surface area is 183 Å². The van der Waals surface area contributed by atoms with E-state index < -0.39 is 0 Å². The first-order valence-corrected chi connectivity index (χ1v) is 9.59. The minimum absolute atomic E-state index is 0. The van der Waals surface area contributed by atoms with E-state index in [0.717, 1.165) is 69.1 Å². The van der Waals surface area contributed by atoms with Crippen LogP contribution in [0.2, 0.25) is 0 Å². The van der Waals surface area contributed by atoms with Crippen LogP contribution in [0, 0.1) is 6.92 Å². The highest BCUT2D eigenvalue weighted by atomic mass is 127. The van der Waals surface area contributed by atoms with E-state index in [2.05, 4.69) is 42.2 Å². The molecule has 0 bridgehead atoms. The molecule has 28 heavy (non-hydrogen) atoms. The Morgan fingerprint density at radius 1 is 1.14 bits per heavy atom. The van der Waals surface area contributed by atoms with Crippen molar-refractivity contribution in [2.24, 2.45) is 12.0 Å². The van der Waals surface area contributed by atoms with Gasteiger partial charge in [0, 0.05) is 52.2 Å². The summed E-state index contributed by atoms with van der Waals surface area (Å²) in [6.07, 6.45) is 5.86. The molecule has 10 heteroatoms. The molecule has 3 rings (SSSR count). The third-order valence-electron chi connectivity index (χ3n) is 4.78. The molecule has 2 aromatic heterocycles. The molecule has 0 radical (unpaired) electrons. The topological polar surface area (TPSA) is 87.4 Å². The molecule has 0 atom stereocenters. The number of piperazine rings is 1. The lowest BCUT2D eigenvalue weighted by atomic mass is 10.3. The average molecular weight is 499 g/mol. The molecule has 0 amide bonds. The van der Waals surface area contributed by atoms with Gasteiger partial charge >= 0.3 is 0 Å². The fourth-order valence-corrected chi connectivity index (χ4v) is 2.95. The summed E-state index contributed by atoms with van der Waals surface area (Å²) in [5.41, 5.74) is 0. The van der Waals surface area contributed by atoms with Gasteiger partial charge in [0.25, 0.3) is 0 Å². The SMILES string of the molecule is CCCCNC(=NCc1nnc(C)n1C)N1CCN(c2ncccn2)CC1.I. The number of unbranched alkanes of at least 4 members (excludes halogenated alkanes) is 1. The number of hydrogen-bond donors (Lipinski definition) is 1. The zero-order valence-corrected chi connectivity index (χ0v) is 19.2. The van der Waals surface area contributed by atoms with Crippen molar-refractivity contribution in [3.63, 3.8) is 0 Å². The third-order valence-corrected chi connectivity index (χ3v) is 4.78. The number of aryl methyl sites for hydroxylation is 1. The number of aromatic nitrogens is 5. The highest BCUT2D eigenvalue weighted by Crippen LogP contribution is 2.10. The first kappa shape index (κ1) is 22.3. The van der Waals surface area contributed by atoms with Crippen molar-refractivity contribution in [1.82, 2.24) is 34.9 Å². The molecule has 0 spiro atoms. The van der Waals surface area contributed by atoms with Crippen molar-refractivity contribution >= 4 is 35.9 Å². The maximum atomic E-state index is 4.82. The number of aliphatic imine (C=N–C) groups is 1. The second-order valence-electron chi connectivity index (χ2n) is 6.67. The van der Waals surface area contributed by atoms with Crippen LogP contribution < -0.4 is 10.2 Å². The van der Waals surface area contributed by atoms with E-state index in [4.69, 9.17) is 4.99 Å². The number of nitrogens with zero attached hydrogens (tertiary/aromatic N) is 8. The molecular weight excluding hydrogens is 469 g/mol. The van der Waals surface area contributed by atoms with Gasteiger partial charge in [0.1, 0.15) is 12.4 Å². The first-order valence-electron chi connectivity index (χ1n) is 9.59. The third kappa shape index (κ3) is 5.76. The predicted molar refractivity (Wildman–Crippen MR) is 121 cm³/mol. The molecule has 2 aromatic rings. The second kappa shape index (κ2) is 11.1. The van der Waals surface area contributed by atoms with Crippen LogP contribution >= 0.6 is 24.0 Å². The van der Waals surface area contributed by atoms with E-state index in [9.17, 15) is 0 Å². The van der Waals surface area contributed by atoms with Crippen LogP contribution in [-0.4, -0.2) is 68.3 Å². The van der Waals surface area contributed by atoms with Crippen molar-refractivity contribution in [3.05, 3.63) is 30.1 Å². The largest absolute Gasteiger partial charge is 0.356 e. The number of nitrogens with one attached hydrogen (secondary N) is 1. The van der Waals surface area contributed by atoms with Crippen molar-refractivity contribution in [3.8, 4) is 0 Å². The number of rotatable bonds is 6. The zero-order valence-electron chi connectivity index (χ0n) is 16.9. The van der Waals surface area contributed by atoms with E-state index in [1.807, 2.05) is 24.6 Å². The molecule has 1 N–H and O–H groups in total. The molecule has 0 saturated carbocycles. The van der Waals surface area contributed by atoms with E-state index in [0.29, 0.717) is 6.54 Å². The van der Waals surface area contributed by atoms with E-state index >= 15 is 0 Å². The average Bonchev–Trinajstić information content (AvgIpc) is 3.03. The molecule has 154 valence electrons. The molecule has 3 heterocycles. The minimum atomic E-state index is 0. The van der Waals surface area contributed by atoms with E-state index in [-0.39, 0.29) is 24.0 Å². The standard InChI is InChI=1S/C18H29N9.HI/c1-4-5-7-19-18(22-14-16-24-23-15(2)25(16)3)27-12-10-26(11-13-27)17-20-8-6-9-21-17;/h6,8-9H,4-5,7,10-14H2,1-3H3,(H,19,22);1H. The lowest BCUT2D eigenvalue weighted by molar-refractivity contribution is 0.368. The van der Waals surface area contributed by atoms with Crippen LogP contribution in [-0.2, 0) is 13.6 Å². The van der Waals surface area contributed by atoms with Crippen molar-refractivity contribution < 1.29 is 0 Å². The Morgan fingerprint density at radius 3 is 2.46 bits per heavy atom. The molecule has 1 aliphatic rings. The molecule has 1 aliphatic heterocycles. The number of anilines is 1. The van der Waals surface area contributed by atoms with Crippen LogP contribution in [0.5, 0.6) is 0 Å². The van der Waals surface area contributed by atoms with Crippen LogP contribution in [0.25, 0.3) is 0 Å². The molecule has 1 fully saturated rings. The lowest BCUT2D eigenvalue weighted by Crippen LogP contribution is -2.53. The summed E-state index contributed by atoms with van der Waals surface area (Å²) in [5, 5.41) is 11.8. The summed E-state index contributed by atoms with van der Waals surface area (Å²) >= 11 is 0. The summed E-state index contributed by atoms with van der Waals surface area (Å²) in [6.45, 7) is 9.11. The molecule has 1 saturated heterocycles. The number of hydrogen-bond acceptors (Lipinski definition) is 6. The summed E-state index contributed by atoms with van der Waals surface area (Å²) in [6, 6.07) is 1.84. The van der Waals surface area contributed by atoms with Crippen LogP contribution in [0.15, 0.2) is 23.5 Å². The van der Waals surface area contributed by atoms with Crippen LogP contribution in [0.4, 0.5) is 5.95 Å². The summed E-state index contributed by atoms with van der Waals surface area (Å²) in [4.78, 5) is 18.0. The van der Waals surface area contributed by atoms with Gasteiger partial charge in [-0.2, -0.15) is 0 Å². The summed E-state index contributed by atoms with van der Waals surface area (Å²) < 4.78 is 1.98. The van der Waals surface area contributed by atoms with E-state index in [1.54, 1.807) is 12.4 Å². The van der Waals surface area contributed by atoms with Gasteiger partial charge in [0.15, 0.2) is 11.8 Å². The number of halogens is 1. The Kier molecular flexibility index (Phi) is 8.87. The molecule has 0 unspecified atom stereocenters. The maximum absolute atomic E-state index is 4.82. The smallest absolute Gasteiger partial charge is 0.225 e. The Bertz CT molecular complexity index is 739. The Hall–Kier alpha value is -1.98. The zero-order chi connectivity index (χ0) is 19.1. The molecular formula is C18H30IN9. The summed E-state index contributed by atoms with van der Waals surface area (Å²) in [7, 11) is 1.98. The fraction of sp³-hybridized carbons (Fsp3) is 0.611. The monoisotopic (exact) mass is 499 g/mol. The van der Waals surface area contributed by atoms with Gasteiger partial charge in [-0.25, -0.2) is 15.0 Å². The lowest BCUT2D eigenvalue weighted by Gasteiger charge is -2.36. The van der Waals surface area contributed by atoms with Gasteiger partial charge < -0.3 is 19.7 Å². The van der Waals surface area contributed by atoms with Gasteiger partial charge in [-0.3, -0.25) is 0 Å². The van der Waals surface area contributed by atoms with Crippen LogP contribution in [0.1, 0.15) is 31.4 Å². The molecule has 9 nitrogen and oxygen atoms in total. The fourth-order valence-electron chi connectivity index (χ4n) is 2.95. The normalized spacial score (nSPS) is 14.8. The van der Waals surface area contributed by atoms with Gasteiger partial charge in [0.05, 0.1) is 0 Å². The second-order valence-corrected chi connectivity index (χ2v) is 6.67. The van der Waals surface area contributed by atoms with E-state index in [1.165, 1.54) is 0 Å². The molecule has 0 aromatic carbocycles. The first-order chi connectivity index (χ1) is 13.2. The number of guanidine groups is 1. The van der Waals surface area contributed by atoms with Crippen molar-refractivity contribution in [2.45, 2.75) is 33.2 Å².